The highest BCUT2D eigenvalue weighted by Gasteiger charge is 2.21. The summed E-state index contributed by atoms with van der Waals surface area (Å²) in [6.45, 7) is 10.5. The maximum Gasteiger partial charge on any atom is 0.191 e. The fourth-order valence-corrected chi connectivity index (χ4v) is 4.25. The van der Waals surface area contributed by atoms with Gasteiger partial charge in [-0.3, -0.25) is 9.89 Å². The second-order valence-electron chi connectivity index (χ2n) is 7.20. The number of nitrogens with zero attached hydrogens (tertiary/aromatic N) is 4. The molecule has 160 valence electrons. The Morgan fingerprint density at radius 3 is 2.52 bits per heavy atom. The number of rotatable bonds is 7. The number of nitrogens with one attached hydrogen (secondary N) is 2. The molecule has 2 N–H and O–H groups in total. The molecule has 0 aliphatic carbocycles. The summed E-state index contributed by atoms with van der Waals surface area (Å²) in [7, 11) is 1.83. The van der Waals surface area contributed by atoms with Crippen LogP contribution in [0.15, 0.2) is 41.5 Å². The number of guanidine groups is 1. The van der Waals surface area contributed by atoms with Crippen LogP contribution >= 0.6 is 35.3 Å². The van der Waals surface area contributed by atoms with Crippen molar-refractivity contribution in [1.82, 2.24) is 20.5 Å². The first-order valence-corrected chi connectivity index (χ1v) is 10.9. The number of para-hydroxylation sites is 1. The van der Waals surface area contributed by atoms with E-state index in [1.54, 1.807) is 11.3 Å². The quantitative estimate of drug-likeness (QED) is 0.329. The van der Waals surface area contributed by atoms with Gasteiger partial charge in [0.2, 0.25) is 0 Å². The Balaban J connectivity index is 0.00000300. The van der Waals surface area contributed by atoms with E-state index in [1.807, 2.05) is 13.2 Å². The standard InChI is InChI=1S/C21H32N6S.HI/c1-17(26-11-13-27(14-12-26)19-7-5-4-6-8-19)15-25-21(22-3)23-10-9-20-24-16-18(2)28-20;/h4-8,16-17H,9-15H2,1-3H3,(H2,22,23,25);1H. The Morgan fingerprint density at radius 1 is 1.17 bits per heavy atom. The molecule has 0 radical (unpaired) electrons. The summed E-state index contributed by atoms with van der Waals surface area (Å²) in [6.07, 6.45) is 2.86. The minimum Gasteiger partial charge on any atom is -0.369 e. The van der Waals surface area contributed by atoms with Crippen LogP contribution in [0.2, 0.25) is 0 Å². The van der Waals surface area contributed by atoms with Gasteiger partial charge in [0.05, 0.1) is 5.01 Å². The van der Waals surface area contributed by atoms with Crippen LogP contribution in [-0.2, 0) is 6.42 Å². The van der Waals surface area contributed by atoms with Crippen molar-refractivity contribution in [2.24, 2.45) is 4.99 Å². The minimum atomic E-state index is 0. The van der Waals surface area contributed by atoms with Crippen LogP contribution in [0.25, 0.3) is 0 Å². The molecule has 0 amide bonds. The average molecular weight is 529 g/mol. The first-order valence-electron chi connectivity index (χ1n) is 10.1. The number of hydrogen-bond donors (Lipinski definition) is 2. The highest BCUT2D eigenvalue weighted by molar-refractivity contribution is 14.0. The number of anilines is 1. The Bertz CT molecular complexity index is 743. The van der Waals surface area contributed by atoms with Crippen molar-refractivity contribution in [3.05, 3.63) is 46.4 Å². The zero-order chi connectivity index (χ0) is 19.8. The van der Waals surface area contributed by atoms with Gasteiger partial charge >= 0.3 is 0 Å². The van der Waals surface area contributed by atoms with Crippen LogP contribution in [0.4, 0.5) is 5.69 Å². The van der Waals surface area contributed by atoms with Gasteiger partial charge in [-0.05, 0) is 26.0 Å². The molecule has 0 spiro atoms. The largest absolute Gasteiger partial charge is 0.369 e. The molecule has 1 aliphatic rings. The fourth-order valence-electron chi connectivity index (χ4n) is 3.46. The van der Waals surface area contributed by atoms with Gasteiger partial charge in [0.25, 0.3) is 0 Å². The summed E-state index contributed by atoms with van der Waals surface area (Å²) in [5.74, 6) is 0.864. The van der Waals surface area contributed by atoms with E-state index in [2.05, 4.69) is 74.6 Å². The summed E-state index contributed by atoms with van der Waals surface area (Å²) >= 11 is 1.76. The third-order valence-electron chi connectivity index (χ3n) is 5.15. The van der Waals surface area contributed by atoms with E-state index in [-0.39, 0.29) is 24.0 Å². The molecule has 3 rings (SSSR count). The van der Waals surface area contributed by atoms with Crippen LogP contribution in [0.3, 0.4) is 0 Å². The third-order valence-corrected chi connectivity index (χ3v) is 6.12. The van der Waals surface area contributed by atoms with Crippen molar-refractivity contribution in [2.45, 2.75) is 26.3 Å². The number of aryl methyl sites for hydroxylation is 1. The summed E-state index contributed by atoms with van der Waals surface area (Å²) in [5.41, 5.74) is 1.33. The molecule has 0 saturated carbocycles. The zero-order valence-electron chi connectivity index (χ0n) is 17.6. The summed E-state index contributed by atoms with van der Waals surface area (Å²) in [5, 5.41) is 8.03. The molecular weight excluding hydrogens is 495 g/mol. The van der Waals surface area contributed by atoms with Crippen LogP contribution < -0.4 is 15.5 Å². The molecule has 1 fully saturated rings. The van der Waals surface area contributed by atoms with E-state index in [1.165, 1.54) is 15.6 Å². The Labute approximate surface area is 195 Å². The Morgan fingerprint density at radius 2 is 1.90 bits per heavy atom. The SMILES string of the molecule is CN=C(NCCc1ncc(C)s1)NCC(C)N1CCN(c2ccccc2)CC1.I. The first-order chi connectivity index (χ1) is 13.7. The maximum absolute atomic E-state index is 4.41. The monoisotopic (exact) mass is 528 g/mol. The van der Waals surface area contributed by atoms with Crippen molar-refractivity contribution in [1.29, 1.82) is 0 Å². The second-order valence-corrected chi connectivity index (χ2v) is 8.52. The average Bonchev–Trinajstić information content (AvgIpc) is 3.16. The van der Waals surface area contributed by atoms with E-state index in [4.69, 9.17) is 0 Å². The molecule has 1 aromatic carbocycles. The van der Waals surface area contributed by atoms with E-state index in [0.29, 0.717) is 6.04 Å². The number of piperazine rings is 1. The number of aliphatic imine (C=N–C) groups is 1. The molecule has 1 atom stereocenters. The topological polar surface area (TPSA) is 55.8 Å². The van der Waals surface area contributed by atoms with Gasteiger partial charge in [-0.2, -0.15) is 0 Å². The van der Waals surface area contributed by atoms with Gasteiger partial charge in [-0.1, -0.05) is 18.2 Å². The normalized spacial score (nSPS) is 16.2. The van der Waals surface area contributed by atoms with Gasteiger partial charge < -0.3 is 15.5 Å². The molecule has 2 heterocycles. The molecule has 1 saturated heterocycles. The number of hydrogen-bond acceptors (Lipinski definition) is 5. The van der Waals surface area contributed by atoms with Gasteiger partial charge in [0.15, 0.2) is 5.96 Å². The molecular formula is C21H33IN6S. The van der Waals surface area contributed by atoms with E-state index in [0.717, 1.165) is 51.6 Å². The fraction of sp³-hybridized carbons (Fsp3) is 0.524. The van der Waals surface area contributed by atoms with Crippen LogP contribution in [0.5, 0.6) is 0 Å². The predicted molar refractivity (Wildman–Crippen MR) is 135 cm³/mol. The van der Waals surface area contributed by atoms with Crippen molar-refractivity contribution in [2.75, 3.05) is 51.2 Å². The Kier molecular flexibility index (Phi) is 10.2. The van der Waals surface area contributed by atoms with Crippen molar-refractivity contribution < 1.29 is 0 Å². The third kappa shape index (κ3) is 7.42. The summed E-state index contributed by atoms with van der Waals surface area (Å²) < 4.78 is 0. The summed E-state index contributed by atoms with van der Waals surface area (Å²) in [6, 6.07) is 11.2. The first kappa shape index (κ1) is 23.9. The lowest BCUT2D eigenvalue weighted by molar-refractivity contribution is 0.197. The van der Waals surface area contributed by atoms with Gasteiger partial charge in [0.1, 0.15) is 0 Å². The van der Waals surface area contributed by atoms with Gasteiger partial charge in [-0.15, -0.1) is 35.3 Å². The minimum absolute atomic E-state index is 0. The highest BCUT2D eigenvalue weighted by Crippen LogP contribution is 2.16. The molecule has 0 bridgehead atoms. The van der Waals surface area contributed by atoms with E-state index in [9.17, 15) is 0 Å². The summed E-state index contributed by atoms with van der Waals surface area (Å²) in [4.78, 5) is 15.0. The molecule has 1 unspecified atom stereocenters. The predicted octanol–water partition coefficient (Wildman–Crippen LogP) is 2.99. The Hall–Kier alpha value is -1.39. The van der Waals surface area contributed by atoms with Crippen molar-refractivity contribution >= 4 is 47.0 Å². The van der Waals surface area contributed by atoms with E-state index < -0.39 is 0 Å². The van der Waals surface area contributed by atoms with Crippen LogP contribution in [0.1, 0.15) is 16.8 Å². The van der Waals surface area contributed by atoms with Crippen molar-refractivity contribution in [3.63, 3.8) is 0 Å². The number of benzene rings is 1. The number of halogens is 1. The second kappa shape index (κ2) is 12.3. The number of thiazole rings is 1. The van der Waals surface area contributed by atoms with Crippen LogP contribution in [-0.4, -0.2) is 68.2 Å². The molecule has 2 aromatic rings. The molecule has 29 heavy (non-hydrogen) atoms. The highest BCUT2D eigenvalue weighted by atomic mass is 127. The van der Waals surface area contributed by atoms with Gasteiger partial charge in [0, 0.05) is 75.5 Å². The smallest absolute Gasteiger partial charge is 0.191 e. The lowest BCUT2D eigenvalue weighted by Crippen LogP contribution is -2.53. The molecule has 1 aromatic heterocycles. The van der Waals surface area contributed by atoms with Crippen LogP contribution in [0, 0.1) is 6.92 Å². The maximum atomic E-state index is 4.41. The lowest BCUT2D eigenvalue weighted by atomic mass is 10.2. The molecule has 1 aliphatic heterocycles. The number of aromatic nitrogens is 1. The van der Waals surface area contributed by atoms with Crippen molar-refractivity contribution in [3.8, 4) is 0 Å². The van der Waals surface area contributed by atoms with Gasteiger partial charge in [-0.25, -0.2) is 4.98 Å². The lowest BCUT2D eigenvalue weighted by Gasteiger charge is -2.39. The van der Waals surface area contributed by atoms with E-state index >= 15 is 0 Å². The molecule has 8 heteroatoms. The zero-order valence-corrected chi connectivity index (χ0v) is 20.7. The molecule has 6 nitrogen and oxygen atoms in total.